The van der Waals surface area contributed by atoms with Crippen molar-refractivity contribution in [1.82, 2.24) is 15.1 Å². The Kier molecular flexibility index (Phi) is 3.64. The molecule has 0 fully saturated rings. The molecule has 0 radical (unpaired) electrons. The molecule has 0 saturated carbocycles. The number of nitrogens with zero attached hydrogens (tertiary/aromatic N) is 2. The smallest absolute Gasteiger partial charge is 0.0540 e. The van der Waals surface area contributed by atoms with E-state index in [-0.39, 0.29) is 0 Å². The van der Waals surface area contributed by atoms with E-state index in [0.717, 1.165) is 6.54 Å². The molecule has 0 spiro atoms. The number of fused-ring (bicyclic) bond motifs is 1. The van der Waals surface area contributed by atoms with Crippen LogP contribution in [0.25, 0.3) is 0 Å². The van der Waals surface area contributed by atoms with Crippen molar-refractivity contribution in [3.63, 3.8) is 0 Å². The molecule has 16 heavy (non-hydrogen) atoms. The molecule has 1 unspecified atom stereocenters. The predicted molar refractivity (Wildman–Crippen MR) is 66.6 cm³/mol. The van der Waals surface area contributed by atoms with Crippen molar-refractivity contribution >= 4 is 0 Å². The molecule has 1 aromatic rings. The summed E-state index contributed by atoms with van der Waals surface area (Å²) in [6, 6.07) is 1.02. The average Bonchev–Trinajstić information content (AvgIpc) is 2.70. The van der Waals surface area contributed by atoms with Gasteiger partial charge in [0.2, 0.25) is 0 Å². The fourth-order valence-electron chi connectivity index (χ4n) is 2.56. The molecule has 3 heteroatoms. The highest BCUT2D eigenvalue weighted by molar-refractivity contribution is 5.25. The summed E-state index contributed by atoms with van der Waals surface area (Å²) < 4.78 is 2.19. The van der Waals surface area contributed by atoms with Gasteiger partial charge in [0.15, 0.2) is 0 Å². The summed E-state index contributed by atoms with van der Waals surface area (Å²) in [6.07, 6.45) is 7.01. The molecular weight excluding hydrogens is 198 g/mol. The average molecular weight is 221 g/mol. The normalized spacial score (nSPS) is 20.1. The fraction of sp³-hybridized carbons (Fsp3) is 0.769. The number of aromatic nitrogens is 2. The van der Waals surface area contributed by atoms with E-state index in [9.17, 15) is 0 Å². The first-order valence-electron chi connectivity index (χ1n) is 6.53. The lowest BCUT2D eigenvalue weighted by Crippen LogP contribution is -2.26. The zero-order valence-electron chi connectivity index (χ0n) is 10.7. The molecule has 1 aliphatic carbocycles. The van der Waals surface area contributed by atoms with Gasteiger partial charge in [0, 0.05) is 23.3 Å². The van der Waals surface area contributed by atoms with Gasteiger partial charge < -0.3 is 5.32 Å². The van der Waals surface area contributed by atoms with Gasteiger partial charge in [-0.2, -0.15) is 5.10 Å². The first-order valence-corrected chi connectivity index (χ1v) is 6.53. The molecular formula is C13H23N3. The molecule has 0 amide bonds. The zero-order chi connectivity index (χ0) is 11.5. The lowest BCUT2D eigenvalue weighted by Gasteiger charge is -2.24. The molecule has 1 aliphatic rings. The highest BCUT2D eigenvalue weighted by Crippen LogP contribution is 2.30. The van der Waals surface area contributed by atoms with Crippen molar-refractivity contribution in [2.24, 2.45) is 0 Å². The lowest BCUT2D eigenvalue weighted by molar-refractivity contribution is 0.436. The highest BCUT2D eigenvalue weighted by atomic mass is 15.3. The first kappa shape index (κ1) is 11.6. The van der Waals surface area contributed by atoms with Gasteiger partial charge in [-0.3, -0.25) is 4.68 Å². The Labute approximate surface area is 98.2 Å². The minimum Gasteiger partial charge on any atom is -0.310 e. The minimum atomic E-state index is 0.480. The third-order valence-corrected chi connectivity index (χ3v) is 3.34. The second-order valence-electron chi connectivity index (χ2n) is 4.98. The van der Waals surface area contributed by atoms with E-state index >= 15 is 0 Å². The summed E-state index contributed by atoms with van der Waals surface area (Å²) in [4.78, 5) is 0. The fourth-order valence-corrected chi connectivity index (χ4v) is 2.56. The Balaban J connectivity index is 2.19. The van der Waals surface area contributed by atoms with Crippen molar-refractivity contribution in [3.05, 3.63) is 17.5 Å². The summed E-state index contributed by atoms with van der Waals surface area (Å²) in [6.45, 7) is 7.73. The van der Waals surface area contributed by atoms with Gasteiger partial charge in [-0.15, -0.1) is 0 Å². The van der Waals surface area contributed by atoms with Gasteiger partial charge in [0.05, 0.1) is 6.20 Å². The topological polar surface area (TPSA) is 29.9 Å². The first-order chi connectivity index (χ1) is 7.74. The third kappa shape index (κ3) is 2.14. The monoisotopic (exact) mass is 221 g/mol. The second kappa shape index (κ2) is 5.00. The quantitative estimate of drug-likeness (QED) is 0.847. The van der Waals surface area contributed by atoms with Crippen LogP contribution in [0.4, 0.5) is 0 Å². The van der Waals surface area contributed by atoms with E-state index in [2.05, 4.69) is 42.1 Å². The lowest BCUT2D eigenvalue weighted by atomic mass is 9.93. The maximum Gasteiger partial charge on any atom is 0.0540 e. The number of hydrogen-bond acceptors (Lipinski definition) is 2. The van der Waals surface area contributed by atoms with Crippen LogP contribution in [0.15, 0.2) is 6.20 Å². The van der Waals surface area contributed by atoms with Crippen molar-refractivity contribution in [1.29, 1.82) is 0 Å². The maximum absolute atomic E-state index is 4.53. The minimum absolute atomic E-state index is 0.480. The molecule has 2 rings (SSSR count). The SMILES string of the molecule is CCCNC1CCCc2c1cnn2C(C)C. The summed E-state index contributed by atoms with van der Waals surface area (Å²) >= 11 is 0. The van der Waals surface area contributed by atoms with E-state index in [1.807, 2.05) is 0 Å². The van der Waals surface area contributed by atoms with E-state index in [1.165, 1.54) is 36.9 Å². The molecule has 90 valence electrons. The molecule has 1 N–H and O–H groups in total. The van der Waals surface area contributed by atoms with E-state index in [1.54, 1.807) is 0 Å². The molecule has 1 atom stereocenters. The molecule has 0 saturated heterocycles. The van der Waals surface area contributed by atoms with E-state index in [4.69, 9.17) is 0 Å². The molecule has 1 heterocycles. The van der Waals surface area contributed by atoms with Crippen LogP contribution in [0.1, 0.15) is 63.4 Å². The number of nitrogens with one attached hydrogen (secondary N) is 1. The molecule has 1 aromatic heterocycles. The van der Waals surface area contributed by atoms with Crippen LogP contribution in [-0.4, -0.2) is 16.3 Å². The largest absolute Gasteiger partial charge is 0.310 e. The molecule has 0 bridgehead atoms. The Morgan fingerprint density at radius 2 is 2.38 bits per heavy atom. The molecule has 0 aliphatic heterocycles. The van der Waals surface area contributed by atoms with E-state index < -0.39 is 0 Å². The van der Waals surface area contributed by atoms with Crippen molar-refractivity contribution in [2.75, 3.05) is 6.54 Å². The van der Waals surface area contributed by atoms with Gasteiger partial charge in [-0.05, 0) is 46.1 Å². The zero-order valence-corrected chi connectivity index (χ0v) is 10.7. The van der Waals surface area contributed by atoms with E-state index in [0.29, 0.717) is 12.1 Å². The van der Waals surface area contributed by atoms with Crippen molar-refractivity contribution in [3.8, 4) is 0 Å². The number of rotatable bonds is 4. The van der Waals surface area contributed by atoms with Crippen molar-refractivity contribution < 1.29 is 0 Å². The Morgan fingerprint density at radius 1 is 1.56 bits per heavy atom. The maximum atomic E-state index is 4.53. The van der Waals surface area contributed by atoms with Gasteiger partial charge in [-0.1, -0.05) is 6.92 Å². The summed E-state index contributed by atoms with van der Waals surface area (Å²) in [7, 11) is 0. The van der Waals surface area contributed by atoms with Crippen LogP contribution in [0.3, 0.4) is 0 Å². The molecule has 0 aromatic carbocycles. The Hall–Kier alpha value is -0.830. The summed E-state index contributed by atoms with van der Waals surface area (Å²) in [5.41, 5.74) is 2.89. The van der Waals surface area contributed by atoms with Crippen LogP contribution >= 0.6 is 0 Å². The highest BCUT2D eigenvalue weighted by Gasteiger charge is 2.24. The van der Waals surface area contributed by atoms with Gasteiger partial charge in [0.1, 0.15) is 0 Å². The predicted octanol–water partition coefficient (Wildman–Crippen LogP) is 2.84. The van der Waals surface area contributed by atoms with Gasteiger partial charge in [0.25, 0.3) is 0 Å². The van der Waals surface area contributed by atoms with Crippen LogP contribution in [0.5, 0.6) is 0 Å². The van der Waals surface area contributed by atoms with Crippen LogP contribution in [-0.2, 0) is 6.42 Å². The molecule has 3 nitrogen and oxygen atoms in total. The van der Waals surface area contributed by atoms with Gasteiger partial charge in [-0.25, -0.2) is 0 Å². The number of hydrogen-bond donors (Lipinski definition) is 1. The summed E-state index contributed by atoms with van der Waals surface area (Å²) in [5.74, 6) is 0. The Morgan fingerprint density at radius 3 is 3.06 bits per heavy atom. The van der Waals surface area contributed by atoms with Gasteiger partial charge >= 0.3 is 0 Å². The second-order valence-corrected chi connectivity index (χ2v) is 4.98. The van der Waals surface area contributed by atoms with Crippen LogP contribution < -0.4 is 5.32 Å². The van der Waals surface area contributed by atoms with Crippen LogP contribution in [0, 0.1) is 0 Å². The van der Waals surface area contributed by atoms with Crippen molar-refractivity contribution in [2.45, 2.75) is 58.5 Å². The standard InChI is InChI=1S/C13H23N3/c1-4-8-14-12-6-5-7-13-11(12)9-15-16(13)10(2)3/h9-10,12,14H,4-8H2,1-3H3. The third-order valence-electron chi connectivity index (χ3n) is 3.34. The van der Waals surface area contributed by atoms with Crippen LogP contribution in [0.2, 0.25) is 0 Å². The summed E-state index contributed by atoms with van der Waals surface area (Å²) in [5, 5.41) is 8.16. The Bertz CT molecular complexity index is 341.